The van der Waals surface area contributed by atoms with Crippen molar-refractivity contribution in [1.82, 2.24) is 15.2 Å². The lowest BCUT2D eigenvalue weighted by molar-refractivity contribution is 0.315. The van der Waals surface area contributed by atoms with Crippen LogP contribution >= 0.6 is 11.3 Å². The van der Waals surface area contributed by atoms with Crippen molar-refractivity contribution >= 4 is 11.3 Å². The molecule has 3 aromatic heterocycles. The molecule has 1 aliphatic carbocycles. The minimum atomic E-state index is 0.375. The van der Waals surface area contributed by atoms with Crippen LogP contribution in [0.2, 0.25) is 0 Å². The fourth-order valence-corrected chi connectivity index (χ4v) is 5.21. The second kappa shape index (κ2) is 6.86. The molecule has 0 saturated carbocycles. The molecule has 0 aliphatic heterocycles. The first kappa shape index (κ1) is 18.4. The van der Waals surface area contributed by atoms with Crippen molar-refractivity contribution < 1.29 is 4.42 Å². The Hall–Kier alpha value is -2.01. The van der Waals surface area contributed by atoms with Crippen molar-refractivity contribution in [2.24, 2.45) is 5.41 Å². The average molecular weight is 382 g/mol. The van der Waals surface area contributed by atoms with Gasteiger partial charge in [0.25, 0.3) is 5.89 Å². The summed E-state index contributed by atoms with van der Waals surface area (Å²) in [4.78, 5) is 7.19. The highest BCUT2D eigenvalue weighted by Crippen LogP contribution is 2.45. The van der Waals surface area contributed by atoms with E-state index in [2.05, 4.69) is 42.9 Å². The number of fused-ring (bicyclic) bond motifs is 1. The predicted octanol–water partition coefficient (Wildman–Crippen LogP) is 5.81. The molecule has 0 atom stereocenters. The molecule has 0 bridgehead atoms. The van der Waals surface area contributed by atoms with E-state index in [9.17, 15) is 0 Å². The lowest BCUT2D eigenvalue weighted by Gasteiger charge is -2.30. The van der Waals surface area contributed by atoms with Gasteiger partial charge in [-0.15, -0.1) is 21.5 Å². The Kier molecular flexibility index (Phi) is 4.66. The van der Waals surface area contributed by atoms with Crippen LogP contribution in [0.3, 0.4) is 0 Å². The minimum Gasteiger partial charge on any atom is -0.415 e. The molecule has 0 unspecified atom stereocenters. The minimum absolute atomic E-state index is 0.375. The van der Waals surface area contributed by atoms with Gasteiger partial charge in [0.05, 0.1) is 4.88 Å². The summed E-state index contributed by atoms with van der Waals surface area (Å²) >= 11 is 1.84. The number of aromatic nitrogens is 3. The molecule has 0 fully saturated rings. The molecule has 3 aromatic rings. The maximum absolute atomic E-state index is 6.15. The van der Waals surface area contributed by atoms with Crippen LogP contribution in [0, 0.1) is 12.3 Å². The van der Waals surface area contributed by atoms with Crippen molar-refractivity contribution in [2.75, 3.05) is 0 Å². The number of aryl methyl sites for hydroxylation is 3. The fraction of sp³-hybridized carbons (Fsp3) is 0.500. The average Bonchev–Trinajstić information content (AvgIpc) is 3.24. The largest absolute Gasteiger partial charge is 0.415 e. The number of thiophene rings is 1. The molecule has 0 amide bonds. The third-order valence-electron chi connectivity index (χ3n) is 5.46. The van der Waals surface area contributed by atoms with E-state index in [-0.39, 0.29) is 0 Å². The second-order valence-electron chi connectivity index (χ2n) is 8.26. The van der Waals surface area contributed by atoms with E-state index in [4.69, 9.17) is 4.42 Å². The van der Waals surface area contributed by atoms with E-state index < -0.39 is 0 Å². The Morgan fingerprint density at radius 2 is 1.85 bits per heavy atom. The van der Waals surface area contributed by atoms with Crippen LogP contribution in [0.15, 0.2) is 16.5 Å². The summed E-state index contributed by atoms with van der Waals surface area (Å²) in [5, 5.41) is 8.77. The normalized spacial score (nSPS) is 15.7. The summed E-state index contributed by atoms with van der Waals surface area (Å²) < 4.78 is 6.15. The summed E-state index contributed by atoms with van der Waals surface area (Å²) in [5.74, 6) is 1.25. The summed E-state index contributed by atoms with van der Waals surface area (Å²) in [5.41, 5.74) is 6.33. The highest BCUT2D eigenvalue weighted by atomic mass is 32.1. The van der Waals surface area contributed by atoms with Crippen molar-refractivity contribution in [3.8, 4) is 22.2 Å². The topological polar surface area (TPSA) is 51.8 Å². The fourth-order valence-electron chi connectivity index (χ4n) is 3.98. The maximum Gasteiger partial charge on any atom is 0.258 e. The quantitative estimate of drug-likeness (QED) is 0.572. The molecule has 142 valence electrons. The summed E-state index contributed by atoms with van der Waals surface area (Å²) in [6.07, 6.45) is 5.40. The van der Waals surface area contributed by atoms with Gasteiger partial charge < -0.3 is 4.42 Å². The van der Waals surface area contributed by atoms with Gasteiger partial charge in [0.2, 0.25) is 5.89 Å². The van der Waals surface area contributed by atoms with Gasteiger partial charge in [-0.05, 0) is 67.7 Å². The second-order valence-corrected chi connectivity index (χ2v) is 9.37. The highest BCUT2D eigenvalue weighted by molar-refractivity contribution is 7.15. The smallest absolute Gasteiger partial charge is 0.258 e. The van der Waals surface area contributed by atoms with Gasteiger partial charge in [-0.25, -0.2) is 0 Å². The molecule has 0 spiro atoms. The Morgan fingerprint density at radius 3 is 2.59 bits per heavy atom. The van der Waals surface area contributed by atoms with E-state index in [1.165, 1.54) is 27.3 Å². The van der Waals surface area contributed by atoms with E-state index in [0.29, 0.717) is 17.2 Å². The van der Waals surface area contributed by atoms with Gasteiger partial charge in [0.1, 0.15) is 0 Å². The molecule has 27 heavy (non-hydrogen) atoms. The van der Waals surface area contributed by atoms with E-state index in [1.54, 1.807) is 0 Å². The maximum atomic E-state index is 6.15. The van der Waals surface area contributed by atoms with Gasteiger partial charge in [-0.2, -0.15) is 0 Å². The number of hydrogen-bond donors (Lipinski definition) is 0. The SMILES string of the molecule is CCc1cc(-c2nnc(-c3sc(CC)c4c3CCC(C)(C)C4)o2)cc(C)n1. The lowest BCUT2D eigenvalue weighted by Crippen LogP contribution is -2.22. The third kappa shape index (κ3) is 3.45. The standard InChI is InChI=1S/C22H27N3OS/c1-6-15-11-14(10-13(3)23-15)20-24-25-21(26-20)19-16-8-9-22(4,5)12-17(16)18(7-2)27-19/h10-11H,6-9,12H2,1-5H3. The zero-order valence-electron chi connectivity index (χ0n) is 16.8. The molecular weight excluding hydrogens is 354 g/mol. The van der Waals surface area contributed by atoms with Crippen LogP contribution in [0.4, 0.5) is 0 Å². The van der Waals surface area contributed by atoms with Gasteiger partial charge in [0, 0.05) is 21.8 Å². The molecule has 3 heterocycles. The van der Waals surface area contributed by atoms with Gasteiger partial charge in [-0.3, -0.25) is 4.98 Å². The molecule has 0 saturated heterocycles. The summed E-state index contributed by atoms with van der Waals surface area (Å²) in [6, 6.07) is 4.06. The molecule has 0 aromatic carbocycles. The predicted molar refractivity (Wildman–Crippen MR) is 110 cm³/mol. The van der Waals surface area contributed by atoms with E-state index in [1.807, 2.05) is 30.4 Å². The number of hydrogen-bond acceptors (Lipinski definition) is 5. The molecule has 0 N–H and O–H groups in total. The van der Waals surface area contributed by atoms with Crippen molar-refractivity contribution in [2.45, 2.75) is 66.7 Å². The Balaban J connectivity index is 1.75. The Morgan fingerprint density at radius 1 is 1.07 bits per heavy atom. The monoisotopic (exact) mass is 381 g/mol. The zero-order valence-corrected chi connectivity index (χ0v) is 17.7. The molecule has 4 rings (SSSR count). The van der Waals surface area contributed by atoms with Crippen LogP contribution in [0.1, 0.15) is 61.5 Å². The first-order chi connectivity index (χ1) is 12.9. The van der Waals surface area contributed by atoms with Crippen molar-refractivity contribution in [3.05, 3.63) is 39.5 Å². The lowest BCUT2D eigenvalue weighted by atomic mass is 9.74. The molecule has 1 aliphatic rings. The van der Waals surface area contributed by atoms with Crippen LogP contribution in [0.5, 0.6) is 0 Å². The van der Waals surface area contributed by atoms with Crippen LogP contribution in [0.25, 0.3) is 22.2 Å². The Bertz CT molecular complexity index is 984. The van der Waals surface area contributed by atoms with Crippen LogP contribution in [-0.2, 0) is 25.7 Å². The first-order valence-electron chi connectivity index (χ1n) is 9.85. The molecule has 4 nitrogen and oxygen atoms in total. The first-order valence-corrected chi connectivity index (χ1v) is 10.7. The molecule has 0 radical (unpaired) electrons. The number of rotatable bonds is 4. The van der Waals surface area contributed by atoms with Gasteiger partial charge in [-0.1, -0.05) is 27.7 Å². The highest BCUT2D eigenvalue weighted by Gasteiger charge is 2.32. The van der Waals surface area contributed by atoms with E-state index >= 15 is 0 Å². The molecule has 5 heteroatoms. The van der Waals surface area contributed by atoms with Crippen LogP contribution in [-0.4, -0.2) is 15.2 Å². The third-order valence-corrected chi connectivity index (χ3v) is 6.87. The summed E-state index contributed by atoms with van der Waals surface area (Å²) in [7, 11) is 0. The molecular formula is C22H27N3OS. The van der Waals surface area contributed by atoms with Gasteiger partial charge in [0.15, 0.2) is 0 Å². The van der Waals surface area contributed by atoms with Crippen molar-refractivity contribution in [1.29, 1.82) is 0 Å². The summed E-state index contributed by atoms with van der Waals surface area (Å²) in [6.45, 7) is 11.1. The Labute approximate surface area is 165 Å². The number of pyridine rings is 1. The van der Waals surface area contributed by atoms with Crippen molar-refractivity contribution in [3.63, 3.8) is 0 Å². The van der Waals surface area contributed by atoms with Gasteiger partial charge >= 0.3 is 0 Å². The number of nitrogens with zero attached hydrogens (tertiary/aromatic N) is 3. The zero-order chi connectivity index (χ0) is 19.2. The van der Waals surface area contributed by atoms with Crippen LogP contribution < -0.4 is 0 Å². The van der Waals surface area contributed by atoms with E-state index in [0.717, 1.165) is 42.6 Å².